The molecule has 0 atom stereocenters. The summed E-state index contributed by atoms with van der Waals surface area (Å²) < 4.78 is 10.6. The van der Waals surface area contributed by atoms with Gasteiger partial charge in [-0.05, 0) is 35.1 Å². The van der Waals surface area contributed by atoms with Crippen molar-refractivity contribution in [2.45, 2.75) is 39.5 Å². The average molecular weight is 403 g/mol. The molecule has 0 saturated carbocycles. The summed E-state index contributed by atoms with van der Waals surface area (Å²) in [6, 6.07) is 6.97. The number of nitrogens with zero attached hydrogens (tertiary/aromatic N) is 1. The lowest BCUT2D eigenvalue weighted by Crippen LogP contribution is -2.19. The van der Waals surface area contributed by atoms with E-state index in [1.54, 1.807) is 18.2 Å². The summed E-state index contributed by atoms with van der Waals surface area (Å²) >= 11 is 6.20. The number of carbonyl (C=O) groups is 1. The first-order chi connectivity index (χ1) is 13.3. The van der Waals surface area contributed by atoms with E-state index in [-0.39, 0.29) is 29.9 Å². The number of hydrogen-bond donors (Lipinski definition) is 2. The van der Waals surface area contributed by atoms with Crippen molar-refractivity contribution in [3.8, 4) is 17.2 Å². The number of fused-ring (bicyclic) bond motifs is 1. The summed E-state index contributed by atoms with van der Waals surface area (Å²) in [7, 11) is 0. The Bertz CT molecular complexity index is 938. The summed E-state index contributed by atoms with van der Waals surface area (Å²) in [4.78, 5) is 12.6. The number of benzene rings is 2. The Morgan fingerprint density at radius 2 is 1.82 bits per heavy atom. The van der Waals surface area contributed by atoms with Gasteiger partial charge >= 0.3 is 0 Å². The molecule has 0 fully saturated rings. The highest BCUT2D eigenvalue weighted by Crippen LogP contribution is 2.36. The van der Waals surface area contributed by atoms with Crippen molar-refractivity contribution in [2.75, 3.05) is 6.79 Å². The van der Waals surface area contributed by atoms with Crippen LogP contribution in [0.1, 0.15) is 66.6 Å². The van der Waals surface area contributed by atoms with Crippen LogP contribution < -0.4 is 14.9 Å². The number of rotatable bonds is 5. The molecule has 0 aliphatic carbocycles. The second-order valence-corrected chi connectivity index (χ2v) is 7.65. The SMILES string of the molecule is CC(C)c1cc(C(=O)N/N=C/c2cc3c(cc2Cl)OCO3)c(O)c(C(C)C)c1. The first-order valence-corrected chi connectivity index (χ1v) is 9.45. The molecule has 1 aliphatic rings. The minimum Gasteiger partial charge on any atom is -0.507 e. The topological polar surface area (TPSA) is 80.2 Å². The fourth-order valence-electron chi connectivity index (χ4n) is 2.88. The van der Waals surface area contributed by atoms with Crippen LogP contribution in [0.5, 0.6) is 17.2 Å². The van der Waals surface area contributed by atoms with Gasteiger partial charge in [0, 0.05) is 11.6 Å². The molecule has 0 aromatic heterocycles. The van der Waals surface area contributed by atoms with Gasteiger partial charge in [-0.3, -0.25) is 4.79 Å². The normalized spacial score (nSPS) is 13.0. The van der Waals surface area contributed by atoms with Crippen LogP contribution >= 0.6 is 11.6 Å². The average Bonchev–Trinajstić information content (AvgIpc) is 3.08. The number of halogens is 1. The van der Waals surface area contributed by atoms with Crippen LogP contribution in [0.25, 0.3) is 0 Å². The van der Waals surface area contributed by atoms with Gasteiger partial charge in [0.25, 0.3) is 5.91 Å². The van der Waals surface area contributed by atoms with E-state index in [2.05, 4.69) is 10.5 Å². The molecule has 7 heteroatoms. The minimum absolute atomic E-state index is 0.0202. The van der Waals surface area contributed by atoms with Crippen molar-refractivity contribution >= 4 is 23.7 Å². The molecule has 1 amide bonds. The molecule has 2 aromatic carbocycles. The van der Waals surface area contributed by atoms with Gasteiger partial charge in [-0.25, -0.2) is 5.43 Å². The molecule has 1 heterocycles. The number of amides is 1. The van der Waals surface area contributed by atoms with Crippen molar-refractivity contribution in [3.05, 3.63) is 51.5 Å². The van der Waals surface area contributed by atoms with E-state index in [1.165, 1.54) is 6.21 Å². The third-order valence-corrected chi connectivity index (χ3v) is 4.88. The van der Waals surface area contributed by atoms with Gasteiger partial charge in [-0.15, -0.1) is 0 Å². The zero-order valence-electron chi connectivity index (χ0n) is 16.2. The molecule has 148 valence electrons. The van der Waals surface area contributed by atoms with Crippen LogP contribution in [0.2, 0.25) is 5.02 Å². The maximum Gasteiger partial charge on any atom is 0.275 e. The van der Waals surface area contributed by atoms with E-state index < -0.39 is 5.91 Å². The Morgan fingerprint density at radius 1 is 1.14 bits per heavy atom. The van der Waals surface area contributed by atoms with Crippen LogP contribution in [0, 0.1) is 0 Å². The zero-order valence-corrected chi connectivity index (χ0v) is 17.0. The van der Waals surface area contributed by atoms with E-state index >= 15 is 0 Å². The molecule has 0 bridgehead atoms. The number of phenols is 1. The highest BCUT2D eigenvalue weighted by atomic mass is 35.5. The van der Waals surface area contributed by atoms with E-state index in [0.717, 1.165) is 11.1 Å². The first kappa shape index (κ1) is 20.0. The molecule has 2 aromatic rings. The highest BCUT2D eigenvalue weighted by Gasteiger charge is 2.19. The van der Waals surface area contributed by atoms with Gasteiger partial charge in [0.1, 0.15) is 5.75 Å². The van der Waals surface area contributed by atoms with Crippen molar-refractivity contribution < 1.29 is 19.4 Å². The number of hydrazone groups is 1. The van der Waals surface area contributed by atoms with E-state index in [0.29, 0.717) is 22.1 Å². The predicted molar refractivity (Wildman–Crippen MR) is 109 cm³/mol. The van der Waals surface area contributed by atoms with Crippen molar-refractivity contribution in [1.82, 2.24) is 5.43 Å². The Morgan fingerprint density at radius 3 is 2.46 bits per heavy atom. The molecule has 0 spiro atoms. The summed E-state index contributed by atoms with van der Waals surface area (Å²) in [6.07, 6.45) is 1.43. The molecule has 0 radical (unpaired) electrons. The van der Waals surface area contributed by atoms with Gasteiger partial charge in [-0.2, -0.15) is 5.10 Å². The Hall–Kier alpha value is -2.73. The standard InChI is InChI=1S/C21H23ClN2O4/c1-11(2)13-5-15(12(3)4)20(25)16(6-13)21(26)24-23-9-14-7-18-19(8-17(14)22)28-10-27-18/h5-9,11-12,25H,10H2,1-4H3,(H,24,26)/b23-9+. The molecule has 6 nitrogen and oxygen atoms in total. The highest BCUT2D eigenvalue weighted by molar-refractivity contribution is 6.33. The summed E-state index contributed by atoms with van der Waals surface area (Å²) in [5, 5.41) is 14.9. The summed E-state index contributed by atoms with van der Waals surface area (Å²) in [5.41, 5.74) is 4.95. The van der Waals surface area contributed by atoms with E-state index in [4.69, 9.17) is 21.1 Å². The van der Waals surface area contributed by atoms with Crippen molar-refractivity contribution in [2.24, 2.45) is 5.10 Å². The van der Waals surface area contributed by atoms with E-state index in [9.17, 15) is 9.90 Å². The molecule has 0 unspecified atom stereocenters. The number of ether oxygens (including phenoxy) is 2. The number of phenolic OH excluding ortho intramolecular Hbond substituents is 1. The van der Waals surface area contributed by atoms with Crippen LogP contribution in [-0.2, 0) is 0 Å². The van der Waals surface area contributed by atoms with Crippen molar-refractivity contribution in [1.29, 1.82) is 0 Å². The van der Waals surface area contributed by atoms with Gasteiger partial charge in [0.15, 0.2) is 11.5 Å². The molecule has 0 saturated heterocycles. The van der Waals surface area contributed by atoms with Crippen molar-refractivity contribution in [3.63, 3.8) is 0 Å². The zero-order chi connectivity index (χ0) is 20.4. The third-order valence-electron chi connectivity index (χ3n) is 4.56. The lowest BCUT2D eigenvalue weighted by atomic mass is 9.92. The Labute approximate surface area is 169 Å². The fraction of sp³-hybridized carbons (Fsp3) is 0.333. The van der Waals surface area contributed by atoms with E-state index in [1.807, 2.05) is 33.8 Å². The first-order valence-electron chi connectivity index (χ1n) is 9.07. The van der Waals surface area contributed by atoms with Crippen LogP contribution in [-0.4, -0.2) is 24.0 Å². The predicted octanol–water partition coefficient (Wildman–Crippen LogP) is 4.79. The summed E-state index contributed by atoms with van der Waals surface area (Å²) in [6.45, 7) is 8.17. The molecule has 28 heavy (non-hydrogen) atoms. The molecular weight excluding hydrogens is 380 g/mol. The number of hydrogen-bond acceptors (Lipinski definition) is 5. The van der Waals surface area contributed by atoms with Crippen LogP contribution in [0.3, 0.4) is 0 Å². The lowest BCUT2D eigenvalue weighted by molar-refractivity contribution is 0.0952. The molecule has 1 aliphatic heterocycles. The number of carbonyl (C=O) groups excluding carboxylic acids is 1. The Kier molecular flexibility index (Phi) is 5.79. The van der Waals surface area contributed by atoms with Crippen LogP contribution in [0.4, 0.5) is 0 Å². The number of aromatic hydroxyl groups is 1. The number of nitrogens with one attached hydrogen (secondary N) is 1. The van der Waals surface area contributed by atoms with Gasteiger partial charge in [-0.1, -0.05) is 45.4 Å². The Balaban J connectivity index is 1.83. The second kappa shape index (κ2) is 8.10. The van der Waals surface area contributed by atoms with Gasteiger partial charge in [0.05, 0.1) is 16.8 Å². The maximum atomic E-state index is 12.6. The summed E-state index contributed by atoms with van der Waals surface area (Å²) in [5.74, 6) is 0.939. The molecular formula is C21H23ClN2O4. The van der Waals surface area contributed by atoms with Gasteiger partial charge in [0.2, 0.25) is 6.79 Å². The molecule has 3 rings (SSSR count). The smallest absolute Gasteiger partial charge is 0.275 e. The quantitative estimate of drug-likeness (QED) is 0.556. The monoisotopic (exact) mass is 402 g/mol. The van der Waals surface area contributed by atoms with Gasteiger partial charge < -0.3 is 14.6 Å². The largest absolute Gasteiger partial charge is 0.507 e. The maximum absolute atomic E-state index is 12.6. The fourth-order valence-corrected chi connectivity index (χ4v) is 3.08. The molecule has 2 N–H and O–H groups in total. The second-order valence-electron chi connectivity index (χ2n) is 7.24. The van der Waals surface area contributed by atoms with Crippen LogP contribution in [0.15, 0.2) is 29.4 Å². The lowest BCUT2D eigenvalue weighted by Gasteiger charge is -2.16. The third kappa shape index (κ3) is 4.07. The minimum atomic E-state index is -0.491.